The van der Waals surface area contributed by atoms with Crippen LogP contribution in [0, 0.1) is 0 Å². The number of aromatic nitrogens is 3. The molecule has 29 heavy (non-hydrogen) atoms. The molecule has 0 spiro atoms. The number of benzene rings is 2. The fraction of sp³-hybridized carbons (Fsp3) is 0.167. The van der Waals surface area contributed by atoms with Crippen molar-refractivity contribution >= 4 is 23.4 Å². The Balaban J connectivity index is 1.65. The zero-order valence-corrected chi connectivity index (χ0v) is 15.9. The maximum absolute atomic E-state index is 12.8. The minimum absolute atomic E-state index is 0.0525. The molecule has 0 fully saturated rings. The van der Waals surface area contributed by atoms with Crippen LogP contribution < -0.4 is 15.9 Å². The van der Waals surface area contributed by atoms with Crippen LogP contribution in [0.15, 0.2) is 53.7 Å². The van der Waals surface area contributed by atoms with Crippen LogP contribution in [0.3, 0.4) is 0 Å². The van der Waals surface area contributed by atoms with Crippen molar-refractivity contribution in [2.75, 3.05) is 24.0 Å². The smallest absolute Gasteiger partial charge is 0.416 e. The van der Waals surface area contributed by atoms with Crippen molar-refractivity contribution in [1.82, 2.24) is 14.9 Å². The number of amides is 1. The second-order valence-corrected chi connectivity index (χ2v) is 6.77. The number of thioether (sulfide) groups is 1. The predicted molar refractivity (Wildman–Crippen MR) is 103 cm³/mol. The zero-order chi connectivity index (χ0) is 21.0. The molecule has 0 atom stereocenters. The largest absolute Gasteiger partial charge is 0.497 e. The van der Waals surface area contributed by atoms with Crippen molar-refractivity contribution in [3.63, 3.8) is 0 Å². The number of hydrogen-bond acceptors (Lipinski definition) is 6. The summed E-state index contributed by atoms with van der Waals surface area (Å²) in [5.74, 6) is 6.40. The van der Waals surface area contributed by atoms with Crippen molar-refractivity contribution in [3.8, 4) is 17.1 Å². The first-order chi connectivity index (χ1) is 13.8. The topological polar surface area (TPSA) is 95.1 Å². The van der Waals surface area contributed by atoms with Gasteiger partial charge in [0.05, 0.1) is 18.4 Å². The van der Waals surface area contributed by atoms with Crippen LogP contribution in [0.25, 0.3) is 11.4 Å². The van der Waals surface area contributed by atoms with E-state index >= 15 is 0 Å². The molecule has 0 aliphatic heterocycles. The van der Waals surface area contributed by atoms with Gasteiger partial charge >= 0.3 is 6.18 Å². The summed E-state index contributed by atoms with van der Waals surface area (Å²) in [4.78, 5) is 12.1. The number of nitrogens with zero attached hydrogens (tertiary/aromatic N) is 3. The molecule has 3 rings (SSSR count). The summed E-state index contributed by atoms with van der Waals surface area (Å²) < 4.78 is 44.7. The summed E-state index contributed by atoms with van der Waals surface area (Å²) >= 11 is 1.01. The number of nitrogens with one attached hydrogen (secondary N) is 1. The molecule has 0 aliphatic rings. The van der Waals surface area contributed by atoms with Crippen molar-refractivity contribution < 1.29 is 22.7 Å². The van der Waals surface area contributed by atoms with Gasteiger partial charge in [-0.25, -0.2) is 4.68 Å². The third-order valence-electron chi connectivity index (χ3n) is 3.80. The van der Waals surface area contributed by atoms with Crippen molar-refractivity contribution in [1.29, 1.82) is 0 Å². The van der Waals surface area contributed by atoms with E-state index in [1.807, 2.05) is 0 Å². The molecular weight excluding hydrogens is 407 g/mol. The molecule has 0 unspecified atom stereocenters. The average Bonchev–Trinajstić information content (AvgIpc) is 3.06. The van der Waals surface area contributed by atoms with Gasteiger partial charge < -0.3 is 15.9 Å². The van der Waals surface area contributed by atoms with Crippen LogP contribution in [0.2, 0.25) is 0 Å². The minimum atomic E-state index is -4.48. The maximum Gasteiger partial charge on any atom is 0.416 e. The van der Waals surface area contributed by atoms with E-state index in [-0.39, 0.29) is 16.6 Å². The van der Waals surface area contributed by atoms with Crippen LogP contribution in [0.5, 0.6) is 5.75 Å². The highest BCUT2D eigenvalue weighted by Crippen LogP contribution is 2.31. The summed E-state index contributed by atoms with van der Waals surface area (Å²) in [6.07, 6.45) is -4.48. The average molecular weight is 423 g/mol. The van der Waals surface area contributed by atoms with E-state index < -0.39 is 17.6 Å². The highest BCUT2D eigenvalue weighted by Gasteiger charge is 2.30. The van der Waals surface area contributed by atoms with Crippen LogP contribution in [0.1, 0.15) is 5.56 Å². The van der Waals surface area contributed by atoms with Gasteiger partial charge in [-0.15, -0.1) is 10.2 Å². The van der Waals surface area contributed by atoms with E-state index in [0.29, 0.717) is 17.1 Å². The molecule has 1 heterocycles. The number of alkyl halides is 3. The Morgan fingerprint density at radius 2 is 1.97 bits per heavy atom. The maximum atomic E-state index is 12.8. The number of methoxy groups -OCH3 is 1. The summed E-state index contributed by atoms with van der Waals surface area (Å²) in [5, 5.41) is 10.7. The lowest BCUT2D eigenvalue weighted by atomic mass is 10.2. The summed E-state index contributed by atoms with van der Waals surface area (Å²) in [6, 6.07) is 11.5. The number of nitrogen functional groups attached to an aromatic ring is 1. The van der Waals surface area contributed by atoms with Gasteiger partial charge in [0.15, 0.2) is 5.82 Å². The Bertz CT molecular complexity index is 1020. The van der Waals surface area contributed by atoms with Gasteiger partial charge in [-0.05, 0) is 30.3 Å². The van der Waals surface area contributed by atoms with Crippen molar-refractivity contribution in [2.45, 2.75) is 11.3 Å². The zero-order valence-electron chi connectivity index (χ0n) is 15.1. The number of anilines is 1. The van der Waals surface area contributed by atoms with E-state index in [1.165, 1.54) is 23.9 Å². The number of carbonyl (C=O) groups excluding carboxylic acids is 1. The third kappa shape index (κ3) is 4.99. The van der Waals surface area contributed by atoms with Gasteiger partial charge in [-0.2, -0.15) is 13.2 Å². The molecule has 152 valence electrons. The number of hydrogen-bond donors (Lipinski definition) is 2. The van der Waals surface area contributed by atoms with Crippen LogP contribution in [0.4, 0.5) is 18.9 Å². The molecule has 7 nitrogen and oxygen atoms in total. The first-order valence-electron chi connectivity index (χ1n) is 8.23. The van der Waals surface area contributed by atoms with Crippen LogP contribution in [-0.2, 0) is 11.0 Å². The Kier molecular flexibility index (Phi) is 5.97. The van der Waals surface area contributed by atoms with E-state index in [4.69, 9.17) is 10.6 Å². The van der Waals surface area contributed by atoms with Crippen LogP contribution >= 0.6 is 11.8 Å². The number of ether oxygens (including phenoxy) is 1. The first kappa shape index (κ1) is 20.5. The minimum Gasteiger partial charge on any atom is -0.497 e. The van der Waals surface area contributed by atoms with Gasteiger partial charge in [0.2, 0.25) is 11.1 Å². The molecule has 1 amide bonds. The van der Waals surface area contributed by atoms with Gasteiger partial charge in [0, 0.05) is 11.3 Å². The highest BCUT2D eigenvalue weighted by molar-refractivity contribution is 7.99. The quantitative estimate of drug-likeness (QED) is 0.466. The lowest BCUT2D eigenvalue weighted by molar-refractivity contribution is -0.137. The van der Waals surface area contributed by atoms with E-state index in [9.17, 15) is 18.0 Å². The van der Waals surface area contributed by atoms with Crippen molar-refractivity contribution in [2.24, 2.45) is 0 Å². The molecule has 0 bridgehead atoms. The van der Waals surface area contributed by atoms with Crippen molar-refractivity contribution in [3.05, 3.63) is 54.1 Å². The molecule has 0 saturated carbocycles. The fourth-order valence-corrected chi connectivity index (χ4v) is 3.09. The Hall–Kier alpha value is -3.21. The molecule has 0 radical (unpaired) electrons. The van der Waals surface area contributed by atoms with Gasteiger partial charge in [0.25, 0.3) is 0 Å². The second kappa shape index (κ2) is 8.43. The molecule has 0 aliphatic carbocycles. The predicted octanol–water partition coefficient (Wildman–Crippen LogP) is 3.42. The van der Waals surface area contributed by atoms with Gasteiger partial charge in [-0.3, -0.25) is 4.79 Å². The second-order valence-electron chi connectivity index (χ2n) is 5.82. The SMILES string of the molecule is COc1cccc(-c2nnc(SCC(=O)Nc3cccc(C(F)(F)F)c3)n2N)c1. The molecule has 11 heteroatoms. The standard InChI is InChI=1S/C18H16F3N5O2S/c1-28-14-7-2-4-11(8-14)16-24-25-17(26(16)22)29-10-15(27)23-13-6-3-5-12(9-13)18(19,20)21/h2-9H,10,22H2,1H3,(H,23,27). The fourth-order valence-electron chi connectivity index (χ4n) is 2.43. The normalized spacial score (nSPS) is 11.3. The number of carbonyl (C=O) groups is 1. The number of halogens is 3. The van der Waals surface area contributed by atoms with Gasteiger partial charge in [0.1, 0.15) is 5.75 Å². The summed E-state index contributed by atoms with van der Waals surface area (Å²) in [5.41, 5.74) is -0.107. The molecule has 2 aromatic carbocycles. The summed E-state index contributed by atoms with van der Waals surface area (Å²) in [7, 11) is 1.54. The highest BCUT2D eigenvalue weighted by atomic mass is 32.2. The molecule has 1 aromatic heterocycles. The lowest BCUT2D eigenvalue weighted by Gasteiger charge is -2.09. The van der Waals surface area contributed by atoms with Gasteiger partial charge in [-0.1, -0.05) is 30.0 Å². The Labute approximate surface area is 168 Å². The molecule has 3 aromatic rings. The van der Waals surface area contributed by atoms with E-state index in [0.717, 1.165) is 23.9 Å². The van der Waals surface area contributed by atoms with E-state index in [2.05, 4.69) is 15.5 Å². The number of nitrogens with two attached hydrogens (primary N) is 1. The lowest BCUT2D eigenvalue weighted by Crippen LogP contribution is -2.17. The monoisotopic (exact) mass is 423 g/mol. The number of rotatable bonds is 6. The Morgan fingerprint density at radius 3 is 2.69 bits per heavy atom. The van der Waals surface area contributed by atoms with Crippen LogP contribution in [-0.4, -0.2) is 33.6 Å². The first-order valence-corrected chi connectivity index (χ1v) is 9.21. The molecule has 0 saturated heterocycles. The van der Waals surface area contributed by atoms with E-state index in [1.54, 1.807) is 24.3 Å². The molecule has 3 N–H and O–H groups in total. The molecular formula is C18H16F3N5O2S. The Morgan fingerprint density at radius 1 is 1.21 bits per heavy atom. The third-order valence-corrected chi connectivity index (χ3v) is 4.74. The summed E-state index contributed by atoms with van der Waals surface area (Å²) in [6.45, 7) is 0.